The Kier molecular flexibility index (Phi) is 5.25. The second kappa shape index (κ2) is 7.42. The van der Waals surface area contributed by atoms with Crippen molar-refractivity contribution in [3.63, 3.8) is 0 Å². The van der Waals surface area contributed by atoms with Crippen LogP contribution in [0, 0.1) is 5.82 Å². The van der Waals surface area contributed by atoms with Crippen molar-refractivity contribution in [1.29, 1.82) is 0 Å². The van der Waals surface area contributed by atoms with Gasteiger partial charge in [-0.2, -0.15) is 0 Å². The molecule has 1 aliphatic heterocycles. The number of hydrogen-bond donors (Lipinski definition) is 2. The summed E-state index contributed by atoms with van der Waals surface area (Å²) in [4.78, 5) is 1.45. The Labute approximate surface area is 148 Å². The van der Waals surface area contributed by atoms with Crippen molar-refractivity contribution < 1.29 is 24.5 Å². The molecule has 3 atom stereocenters. The molecule has 0 spiro atoms. The van der Waals surface area contributed by atoms with Crippen LogP contribution < -0.4 is 20.1 Å². The second-order valence-electron chi connectivity index (χ2n) is 6.82. The van der Waals surface area contributed by atoms with E-state index in [0.29, 0.717) is 0 Å². The van der Waals surface area contributed by atoms with E-state index in [-0.39, 0.29) is 17.9 Å². The molecular weight excluding hydrogens is 319 g/mol. The predicted molar refractivity (Wildman–Crippen MR) is 94.3 cm³/mol. The maximum Gasteiger partial charge on any atom is 0.166 e. The van der Waals surface area contributed by atoms with Crippen molar-refractivity contribution in [3.05, 3.63) is 58.9 Å². The summed E-state index contributed by atoms with van der Waals surface area (Å²) in [5.74, 6) is 1.34. The SMILES string of the molecule is COc1cc2c(cc1OC)[C@H]([C@@H](C)[NH3+])[NH+](Cc1ccc(F)cc1)CC2. The van der Waals surface area contributed by atoms with Crippen LogP contribution in [0.1, 0.15) is 29.7 Å². The molecule has 1 heterocycles. The van der Waals surface area contributed by atoms with E-state index < -0.39 is 0 Å². The minimum atomic E-state index is -0.193. The number of ether oxygens (including phenoxy) is 2. The lowest BCUT2D eigenvalue weighted by molar-refractivity contribution is -0.957. The van der Waals surface area contributed by atoms with Gasteiger partial charge in [-0.3, -0.25) is 0 Å². The molecule has 0 radical (unpaired) electrons. The third-order valence-corrected chi connectivity index (χ3v) is 5.05. The van der Waals surface area contributed by atoms with Gasteiger partial charge in [-0.1, -0.05) is 12.1 Å². The third kappa shape index (κ3) is 3.62. The summed E-state index contributed by atoms with van der Waals surface area (Å²) in [6, 6.07) is 11.5. The molecule has 0 saturated heterocycles. The van der Waals surface area contributed by atoms with E-state index in [0.717, 1.165) is 36.6 Å². The van der Waals surface area contributed by atoms with Gasteiger partial charge in [-0.25, -0.2) is 4.39 Å². The van der Waals surface area contributed by atoms with Gasteiger partial charge in [0.25, 0.3) is 0 Å². The molecule has 0 aliphatic carbocycles. The van der Waals surface area contributed by atoms with Gasteiger partial charge in [0.1, 0.15) is 18.4 Å². The quantitative estimate of drug-likeness (QED) is 0.854. The van der Waals surface area contributed by atoms with E-state index in [1.165, 1.54) is 28.2 Å². The smallest absolute Gasteiger partial charge is 0.166 e. The topological polar surface area (TPSA) is 50.5 Å². The van der Waals surface area contributed by atoms with Crippen LogP contribution >= 0.6 is 0 Å². The zero-order chi connectivity index (χ0) is 18.0. The Hall–Kier alpha value is -2.11. The number of methoxy groups -OCH3 is 2. The summed E-state index contributed by atoms with van der Waals surface area (Å²) < 4.78 is 24.1. The summed E-state index contributed by atoms with van der Waals surface area (Å²) >= 11 is 0. The second-order valence-corrected chi connectivity index (χ2v) is 6.82. The first-order chi connectivity index (χ1) is 12.0. The number of quaternary nitrogens is 2. The van der Waals surface area contributed by atoms with Crippen molar-refractivity contribution in [2.24, 2.45) is 0 Å². The number of hydrogen-bond acceptors (Lipinski definition) is 2. The molecule has 0 aromatic heterocycles. The first-order valence-electron chi connectivity index (χ1n) is 8.70. The van der Waals surface area contributed by atoms with E-state index in [1.54, 1.807) is 14.2 Å². The number of nitrogens with one attached hydrogen (secondary N) is 1. The summed E-state index contributed by atoms with van der Waals surface area (Å²) in [6.45, 7) is 4.03. The van der Waals surface area contributed by atoms with Crippen molar-refractivity contribution in [2.45, 2.75) is 32.0 Å². The highest BCUT2D eigenvalue weighted by atomic mass is 19.1. The van der Waals surface area contributed by atoms with Gasteiger partial charge in [0, 0.05) is 17.5 Å². The standard InChI is InChI=1S/C20H25FN2O2/c1-13(22)20-17-11-19(25-3)18(24-2)10-15(17)8-9-23(20)12-14-4-6-16(21)7-5-14/h4-7,10-11,13,20H,8-9,12,22H2,1-3H3/p+2/t13-,20+/m1/s1. The van der Waals surface area contributed by atoms with Gasteiger partial charge >= 0.3 is 0 Å². The van der Waals surface area contributed by atoms with Crippen LogP contribution in [0.15, 0.2) is 36.4 Å². The van der Waals surface area contributed by atoms with Gasteiger partial charge < -0.3 is 20.1 Å². The van der Waals surface area contributed by atoms with Crippen molar-refractivity contribution >= 4 is 0 Å². The van der Waals surface area contributed by atoms with Crippen LogP contribution in [0.5, 0.6) is 11.5 Å². The Morgan fingerprint density at radius 3 is 2.40 bits per heavy atom. The first-order valence-corrected chi connectivity index (χ1v) is 8.70. The van der Waals surface area contributed by atoms with Crippen molar-refractivity contribution in [1.82, 2.24) is 0 Å². The molecule has 4 N–H and O–H groups in total. The number of halogens is 1. The zero-order valence-corrected chi connectivity index (χ0v) is 15.1. The zero-order valence-electron chi connectivity index (χ0n) is 15.1. The van der Waals surface area contributed by atoms with Crippen LogP contribution in [-0.2, 0) is 13.0 Å². The normalized spacial score (nSPS) is 20.7. The minimum Gasteiger partial charge on any atom is -0.493 e. The Morgan fingerprint density at radius 1 is 1.16 bits per heavy atom. The summed E-state index contributed by atoms with van der Waals surface area (Å²) in [6.07, 6.45) is 0.982. The van der Waals surface area contributed by atoms with E-state index in [4.69, 9.17) is 9.47 Å². The molecule has 0 saturated carbocycles. The largest absolute Gasteiger partial charge is 0.493 e. The fraction of sp³-hybridized carbons (Fsp3) is 0.400. The monoisotopic (exact) mass is 346 g/mol. The molecule has 25 heavy (non-hydrogen) atoms. The van der Waals surface area contributed by atoms with Crippen LogP contribution in [0.4, 0.5) is 4.39 Å². The Balaban J connectivity index is 1.94. The number of benzene rings is 2. The maximum atomic E-state index is 13.2. The van der Waals surface area contributed by atoms with Gasteiger partial charge in [0.2, 0.25) is 0 Å². The summed E-state index contributed by atoms with van der Waals surface area (Å²) in [5, 5.41) is 0. The van der Waals surface area contributed by atoms with Crippen molar-refractivity contribution in [2.75, 3.05) is 20.8 Å². The highest BCUT2D eigenvalue weighted by molar-refractivity contribution is 5.49. The molecule has 4 nitrogen and oxygen atoms in total. The Morgan fingerprint density at radius 2 is 1.80 bits per heavy atom. The molecule has 3 rings (SSSR count). The fourth-order valence-electron chi connectivity index (χ4n) is 3.89. The molecule has 134 valence electrons. The van der Waals surface area contributed by atoms with Crippen molar-refractivity contribution in [3.8, 4) is 11.5 Å². The van der Waals surface area contributed by atoms with Gasteiger partial charge in [-0.15, -0.1) is 0 Å². The fourth-order valence-corrected chi connectivity index (χ4v) is 3.89. The highest BCUT2D eigenvalue weighted by Gasteiger charge is 2.36. The van der Waals surface area contributed by atoms with Crippen LogP contribution in [0.2, 0.25) is 0 Å². The summed E-state index contributed by atoms with van der Waals surface area (Å²) in [7, 11) is 3.33. The molecule has 1 aliphatic rings. The molecule has 0 amide bonds. The van der Waals surface area contributed by atoms with Gasteiger partial charge in [0.15, 0.2) is 17.5 Å². The van der Waals surface area contributed by atoms with E-state index >= 15 is 0 Å². The van der Waals surface area contributed by atoms with E-state index in [1.807, 2.05) is 12.1 Å². The molecule has 0 bridgehead atoms. The molecule has 2 aromatic carbocycles. The van der Waals surface area contributed by atoms with Gasteiger partial charge in [0.05, 0.1) is 20.8 Å². The lowest BCUT2D eigenvalue weighted by Crippen LogP contribution is -3.14. The summed E-state index contributed by atoms with van der Waals surface area (Å²) in [5.41, 5.74) is 8.04. The first kappa shape index (κ1) is 17.7. The van der Waals surface area contributed by atoms with E-state index in [9.17, 15) is 4.39 Å². The maximum absolute atomic E-state index is 13.2. The van der Waals surface area contributed by atoms with E-state index in [2.05, 4.69) is 24.8 Å². The number of rotatable bonds is 5. The molecule has 0 fully saturated rings. The predicted octanol–water partition coefficient (Wildman–Crippen LogP) is 1.16. The van der Waals surface area contributed by atoms with Crippen LogP contribution in [0.3, 0.4) is 0 Å². The number of fused-ring (bicyclic) bond motifs is 1. The lowest BCUT2D eigenvalue weighted by Gasteiger charge is -2.35. The third-order valence-electron chi connectivity index (χ3n) is 5.05. The average molecular weight is 346 g/mol. The average Bonchev–Trinajstić information content (AvgIpc) is 2.61. The molecule has 1 unspecified atom stereocenters. The molecule has 5 heteroatoms. The lowest BCUT2D eigenvalue weighted by atomic mass is 9.88. The molecule has 2 aromatic rings. The minimum absolute atomic E-state index is 0.193. The highest BCUT2D eigenvalue weighted by Crippen LogP contribution is 2.34. The van der Waals surface area contributed by atoms with Crippen LogP contribution in [0.25, 0.3) is 0 Å². The van der Waals surface area contributed by atoms with Gasteiger partial charge in [-0.05, 0) is 36.8 Å². The Bertz CT molecular complexity index is 731. The molecular formula is C20H27FN2O2+2. The van der Waals surface area contributed by atoms with Crippen LogP contribution in [-0.4, -0.2) is 26.8 Å².